The fourth-order valence-electron chi connectivity index (χ4n) is 3.77. The van der Waals surface area contributed by atoms with Crippen molar-refractivity contribution in [3.05, 3.63) is 70.0 Å². The van der Waals surface area contributed by atoms with Gasteiger partial charge in [0.15, 0.2) is 0 Å². The van der Waals surface area contributed by atoms with Gasteiger partial charge in [-0.3, -0.25) is 9.59 Å². The van der Waals surface area contributed by atoms with Crippen molar-refractivity contribution in [1.29, 1.82) is 0 Å². The molecule has 1 aliphatic rings. The van der Waals surface area contributed by atoms with E-state index in [1.54, 1.807) is 12.1 Å². The van der Waals surface area contributed by atoms with Crippen molar-refractivity contribution in [3.63, 3.8) is 0 Å². The van der Waals surface area contributed by atoms with Crippen LogP contribution in [-0.4, -0.2) is 41.7 Å². The van der Waals surface area contributed by atoms with Crippen LogP contribution in [-0.2, 0) is 26.2 Å². The molecule has 32 heavy (non-hydrogen) atoms. The SMILES string of the molecule is Cc1cccc2c(=O)[nH]c(COC(=O)C3CCN(S(=O)(=O)c4ccc(F)cc4)CC3)nc12. The van der Waals surface area contributed by atoms with E-state index < -0.39 is 27.7 Å². The third kappa shape index (κ3) is 4.42. The van der Waals surface area contributed by atoms with Gasteiger partial charge in [-0.1, -0.05) is 12.1 Å². The van der Waals surface area contributed by atoms with E-state index >= 15 is 0 Å². The summed E-state index contributed by atoms with van der Waals surface area (Å²) in [6, 6.07) is 9.95. The van der Waals surface area contributed by atoms with Crippen LogP contribution in [0.15, 0.2) is 52.2 Å². The molecule has 0 unspecified atom stereocenters. The highest BCUT2D eigenvalue weighted by Crippen LogP contribution is 2.25. The van der Waals surface area contributed by atoms with E-state index in [2.05, 4.69) is 9.97 Å². The topological polar surface area (TPSA) is 109 Å². The number of fused-ring (bicyclic) bond motifs is 1. The maximum absolute atomic E-state index is 13.1. The molecule has 8 nitrogen and oxygen atoms in total. The van der Waals surface area contributed by atoms with Gasteiger partial charge in [0.1, 0.15) is 18.2 Å². The quantitative estimate of drug-likeness (QED) is 0.587. The minimum absolute atomic E-state index is 0.0153. The zero-order chi connectivity index (χ0) is 22.9. The molecule has 0 radical (unpaired) electrons. The minimum Gasteiger partial charge on any atom is -0.457 e. The lowest BCUT2D eigenvalue weighted by atomic mass is 9.98. The highest BCUT2D eigenvalue weighted by molar-refractivity contribution is 7.89. The van der Waals surface area contributed by atoms with Gasteiger partial charge < -0.3 is 9.72 Å². The van der Waals surface area contributed by atoms with Gasteiger partial charge in [0.2, 0.25) is 10.0 Å². The van der Waals surface area contributed by atoms with Crippen LogP contribution < -0.4 is 5.56 Å². The summed E-state index contributed by atoms with van der Waals surface area (Å²) in [6.45, 7) is 1.98. The minimum atomic E-state index is -3.75. The molecule has 0 spiro atoms. The Morgan fingerprint density at radius 3 is 2.56 bits per heavy atom. The third-order valence-electron chi connectivity index (χ3n) is 5.58. The van der Waals surface area contributed by atoms with Gasteiger partial charge in [-0.05, 0) is 55.7 Å². The molecule has 1 saturated heterocycles. The predicted octanol–water partition coefficient (Wildman–Crippen LogP) is 2.51. The lowest BCUT2D eigenvalue weighted by Gasteiger charge is -2.30. The van der Waals surface area contributed by atoms with Crippen molar-refractivity contribution < 1.29 is 22.3 Å². The first kappa shape index (κ1) is 22.1. The standard InChI is InChI=1S/C22H22FN3O5S/c1-14-3-2-4-18-20(14)24-19(25-21(18)27)13-31-22(28)15-9-11-26(12-10-15)32(29,30)17-7-5-16(23)6-8-17/h2-8,15H,9-13H2,1H3,(H,24,25,27). The monoisotopic (exact) mass is 459 g/mol. The molecule has 0 bridgehead atoms. The molecule has 2 heterocycles. The Bertz CT molecular complexity index is 1310. The zero-order valence-electron chi connectivity index (χ0n) is 17.4. The Hall–Kier alpha value is -3.11. The number of aryl methyl sites for hydroxylation is 1. The first-order valence-electron chi connectivity index (χ1n) is 10.2. The summed E-state index contributed by atoms with van der Waals surface area (Å²) in [5.74, 6) is -1.18. The molecule has 0 atom stereocenters. The highest BCUT2D eigenvalue weighted by Gasteiger charge is 2.32. The Morgan fingerprint density at radius 2 is 1.88 bits per heavy atom. The number of carbonyl (C=O) groups is 1. The van der Waals surface area contributed by atoms with Gasteiger partial charge in [-0.15, -0.1) is 0 Å². The summed E-state index contributed by atoms with van der Waals surface area (Å²) in [4.78, 5) is 31.8. The maximum atomic E-state index is 13.1. The molecule has 1 aliphatic heterocycles. The van der Waals surface area contributed by atoms with Gasteiger partial charge in [0.05, 0.1) is 21.7 Å². The van der Waals surface area contributed by atoms with Crippen LogP contribution in [0.25, 0.3) is 10.9 Å². The number of benzene rings is 2. The number of hydrogen-bond acceptors (Lipinski definition) is 6. The molecule has 1 N–H and O–H groups in total. The molecule has 2 aromatic carbocycles. The average Bonchev–Trinajstić information content (AvgIpc) is 2.78. The summed E-state index contributed by atoms with van der Waals surface area (Å²) in [6.07, 6.45) is 0.611. The van der Waals surface area contributed by atoms with Gasteiger partial charge in [0, 0.05) is 13.1 Å². The van der Waals surface area contributed by atoms with E-state index in [-0.39, 0.29) is 36.0 Å². The number of H-pyrrole nitrogens is 1. The van der Waals surface area contributed by atoms with Crippen molar-refractivity contribution in [3.8, 4) is 0 Å². The number of rotatable bonds is 5. The van der Waals surface area contributed by atoms with E-state index in [0.717, 1.165) is 17.7 Å². The number of para-hydroxylation sites is 1. The number of hydrogen-bond donors (Lipinski definition) is 1. The number of piperidine rings is 1. The summed E-state index contributed by atoms with van der Waals surface area (Å²) < 4.78 is 45.1. The van der Waals surface area contributed by atoms with Crippen LogP contribution in [0.3, 0.4) is 0 Å². The molecule has 0 amide bonds. The number of aromatic amines is 1. The number of esters is 1. The Morgan fingerprint density at radius 1 is 1.19 bits per heavy atom. The number of ether oxygens (including phenoxy) is 1. The second kappa shape index (κ2) is 8.79. The Labute approximate surface area is 184 Å². The number of sulfonamides is 1. The second-order valence-electron chi connectivity index (χ2n) is 7.72. The Balaban J connectivity index is 1.37. The molecular weight excluding hydrogens is 437 g/mol. The fraction of sp³-hybridized carbons (Fsp3) is 0.318. The molecule has 0 saturated carbocycles. The fourth-order valence-corrected chi connectivity index (χ4v) is 5.23. The van der Waals surface area contributed by atoms with Crippen molar-refractivity contribution >= 4 is 26.9 Å². The first-order chi connectivity index (χ1) is 15.3. The highest BCUT2D eigenvalue weighted by atomic mass is 32.2. The van der Waals surface area contributed by atoms with E-state index in [1.807, 2.05) is 13.0 Å². The number of nitrogens with one attached hydrogen (secondary N) is 1. The maximum Gasteiger partial charge on any atom is 0.309 e. The molecule has 1 fully saturated rings. The summed E-state index contributed by atoms with van der Waals surface area (Å²) >= 11 is 0. The summed E-state index contributed by atoms with van der Waals surface area (Å²) in [5.41, 5.74) is 1.10. The van der Waals surface area contributed by atoms with Gasteiger partial charge >= 0.3 is 5.97 Å². The van der Waals surface area contributed by atoms with Crippen LogP contribution >= 0.6 is 0 Å². The summed E-state index contributed by atoms with van der Waals surface area (Å²) in [5, 5.41) is 0.467. The van der Waals surface area contributed by atoms with Crippen LogP contribution in [0.4, 0.5) is 4.39 Å². The van der Waals surface area contributed by atoms with Crippen molar-refractivity contribution in [2.24, 2.45) is 5.92 Å². The average molecular weight is 459 g/mol. The smallest absolute Gasteiger partial charge is 0.309 e. The largest absolute Gasteiger partial charge is 0.457 e. The normalized spacial score (nSPS) is 15.7. The second-order valence-corrected chi connectivity index (χ2v) is 9.66. The van der Waals surface area contributed by atoms with Gasteiger partial charge in [0.25, 0.3) is 5.56 Å². The van der Waals surface area contributed by atoms with E-state index in [1.165, 1.54) is 16.4 Å². The number of carbonyl (C=O) groups excluding carboxylic acids is 1. The van der Waals surface area contributed by atoms with Crippen molar-refractivity contribution in [1.82, 2.24) is 14.3 Å². The zero-order valence-corrected chi connectivity index (χ0v) is 18.2. The van der Waals surface area contributed by atoms with E-state index in [9.17, 15) is 22.4 Å². The number of halogens is 1. The molecule has 4 rings (SSSR count). The number of aromatic nitrogens is 2. The lowest BCUT2D eigenvalue weighted by Crippen LogP contribution is -2.40. The first-order valence-corrected chi connectivity index (χ1v) is 11.6. The molecule has 1 aromatic heterocycles. The van der Waals surface area contributed by atoms with Crippen LogP contribution in [0.5, 0.6) is 0 Å². The lowest BCUT2D eigenvalue weighted by molar-refractivity contribution is -0.151. The summed E-state index contributed by atoms with van der Waals surface area (Å²) in [7, 11) is -3.75. The van der Waals surface area contributed by atoms with Crippen molar-refractivity contribution in [2.45, 2.75) is 31.3 Å². The van der Waals surface area contributed by atoms with Gasteiger partial charge in [-0.25, -0.2) is 17.8 Å². The number of nitrogens with zero attached hydrogens (tertiary/aromatic N) is 2. The molecule has 3 aromatic rings. The Kier molecular flexibility index (Phi) is 6.07. The van der Waals surface area contributed by atoms with Crippen LogP contribution in [0, 0.1) is 18.7 Å². The molecule has 168 valence electrons. The van der Waals surface area contributed by atoms with E-state index in [0.29, 0.717) is 23.7 Å². The molecule has 10 heteroatoms. The predicted molar refractivity (Wildman–Crippen MR) is 115 cm³/mol. The molecule has 0 aliphatic carbocycles. The molecular formula is C22H22FN3O5S. The third-order valence-corrected chi connectivity index (χ3v) is 7.49. The van der Waals surface area contributed by atoms with Crippen LogP contribution in [0.2, 0.25) is 0 Å². The van der Waals surface area contributed by atoms with Gasteiger partial charge in [-0.2, -0.15) is 4.31 Å². The van der Waals surface area contributed by atoms with Crippen LogP contribution in [0.1, 0.15) is 24.2 Å². The van der Waals surface area contributed by atoms with Crippen molar-refractivity contribution in [2.75, 3.05) is 13.1 Å². The van der Waals surface area contributed by atoms with E-state index in [4.69, 9.17) is 4.74 Å².